The zero-order valence-corrected chi connectivity index (χ0v) is 22.1. The highest BCUT2D eigenvalue weighted by atomic mass is 79.9. The average molecular weight is 533 g/mol. The number of carbonyl (C=O) groups is 1. The van der Waals surface area contributed by atoms with E-state index >= 15 is 0 Å². The summed E-state index contributed by atoms with van der Waals surface area (Å²) < 4.78 is 3.77. The summed E-state index contributed by atoms with van der Waals surface area (Å²) in [5.74, 6) is -0.403. The molecule has 2 aromatic carbocycles. The molecule has 4 aromatic rings. The monoisotopic (exact) mass is 532 g/mol. The van der Waals surface area contributed by atoms with Crippen LogP contribution in [-0.4, -0.2) is 20.0 Å². The summed E-state index contributed by atoms with van der Waals surface area (Å²) in [7, 11) is 0. The van der Waals surface area contributed by atoms with Crippen molar-refractivity contribution in [3.63, 3.8) is 0 Å². The van der Waals surface area contributed by atoms with Gasteiger partial charge in [0, 0.05) is 15.8 Å². The number of hydrogen-bond donors (Lipinski definition) is 0. The highest BCUT2D eigenvalue weighted by Gasteiger charge is 2.27. The van der Waals surface area contributed by atoms with Gasteiger partial charge in [0.1, 0.15) is 0 Å². The van der Waals surface area contributed by atoms with Gasteiger partial charge in [0.15, 0.2) is 0 Å². The van der Waals surface area contributed by atoms with E-state index < -0.39 is 11.1 Å². The van der Waals surface area contributed by atoms with Gasteiger partial charge in [-0.1, -0.05) is 54.8 Å². The van der Waals surface area contributed by atoms with Crippen molar-refractivity contribution in [3.8, 4) is 11.8 Å². The number of rotatable bonds is 7. The van der Waals surface area contributed by atoms with E-state index in [4.69, 9.17) is 0 Å². The molecule has 0 aliphatic carbocycles. The fraction of sp³-hybridized carbons (Fsp3) is 0.357. The summed E-state index contributed by atoms with van der Waals surface area (Å²) in [6.45, 7) is 7.83. The first-order chi connectivity index (χ1) is 16.7. The molecule has 0 unspecified atom stereocenters. The molecule has 0 saturated carbocycles. The standard InChI is InChI=1S/C28H29BrN4O2/c1-5-7-18(8-6-2)26(34)33-24-16-31-23-14-11-20(29)15-22(23)25(24)32(27(33)35)21-12-9-19(10-13-21)28(3,4)17-30/h9-16,18H,5-8H2,1-4H3. The van der Waals surface area contributed by atoms with Gasteiger partial charge in [0.2, 0.25) is 5.91 Å². The number of nitriles is 1. The molecule has 0 amide bonds. The van der Waals surface area contributed by atoms with Crippen LogP contribution in [0.5, 0.6) is 0 Å². The lowest BCUT2D eigenvalue weighted by Gasteiger charge is -2.16. The first kappa shape index (κ1) is 24.9. The molecule has 2 aromatic heterocycles. The molecule has 4 rings (SSSR count). The number of imidazole rings is 1. The van der Waals surface area contributed by atoms with Gasteiger partial charge >= 0.3 is 5.69 Å². The molecule has 0 spiro atoms. The molecule has 0 bridgehead atoms. The smallest absolute Gasteiger partial charge is 0.274 e. The predicted octanol–water partition coefficient (Wildman–Crippen LogP) is 6.76. The summed E-state index contributed by atoms with van der Waals surface area (Å²) in [5.41, 5.74) is 2.33. The van der Waals surface area contributed by atoms with Crippen molar-refractivity contribution in [2.45, 2.75) is 58.8 Å². The number of benzene rings is 2. The molecule has 0 N–H and O–H groups in total. The van der Waals surface area contributed by atoms with Crippen molar-refractivity contribution < 1.29 is 4.79 Å². The van der Waals surface area contributed by atoms with Gasteiger partial charge in [0.25, 0.3) is 0 Å². The Labute approximate surface area is 213 Å². The molecule has 2 heterocycles. The average Bonchev–Trinajstić information content (AvgIpc) is 3.15. The first-order valence-electron chi connectivity index (χ1n) is 12.0. The fourth-order valence-electron chi connectivity index (χ4n) is 4.65. The molecular weight excluding hydrogens is 504 g/mol. The Balaban J connectivity index is 2.04. The van der Waals surface area contributed by atoms with Gasteiger partial charge in [-0.15, -0.1) is 0 Å². The second-order valence-electron chi connectivity index (χ2n) is 9.50. The Morgan fingerprint density at radius 3 is 2.37 bits per heavy atom. The third kappa shape index (κ3) is 4.43. The topological polar surface area (TPSA) is 80.7 Å². The summed E-state index contributed by atoms with van der Waals surface area (Å²) in [5, 5.41) is 10.3. The second kappa shape index (κ2) is 9.79. The maximum Gasteiger partial charge on any atom is 0.340 e. The lowest BCUT2D eigenvalue weighted by molar-refractivity contribution is 0.0818. The van der Waals surface area contributed by atoms with Gasteiger partial charge < -0.3 is 0 Å². The maximum absolute atomic E-state index is 13.9. The van der Waals surface area contributed by atoms with E-state index in [9.17, 15) is 14.9 Å². The van der Waals surface area contributed by atoms with Crippen LogP contribution < -0.4 is 5.69 Å². The lowest BCUT2D eigenvalue weighted by atomic mass is 9.86. The molecule has 0 aliphatic heterocycles. The summed E-state index contributed by atoms with van der Waals surface area (Å²) in [6.07, 6.45) is 4.83. The van der Waals surface area contributed by atoms with E-state index in [1.165, 1.54) is 4.57 Å². The Morgan fingerprint density at radius 1 is 1.11 bits per heavy atom. The number of hydrogen-bond acceptors (Lipinski definition) is 4. The Kier molecular flexibility index (Phi) is 6.95. The van der Waals surface area contributed by atoms with Crippen LogP contribution in [-0.2, 0) is 5.41 Å². The van der Waals surface area contributed by atoms with Gasteiger partial charge in [-0.2, -0.15) is 5.26 Å². The number of pyridine rings is 1. The van der Waals surface area contributed by atoms with E-state index in [0.29, 0.717) is 16.7 Å². The number of fused-ring (bicyclic) bond motifs is 3. The van der Waals surface area contributed by atoms with Gasteiger partial charge in [-0.05, 0) is 62.6 Å². The molecule has 7 heteroatoms. The van der Waals surface area contributed by atoms with Crippen molar-refractivity contribution in [1.29, 1.82) is 5.26 Å². The SMILES string of the molecule is CCCC(CCC)C(=O)n1c(=O)n(-c2ccc(C(C)(C)C#N)cc2)c2c3cc(Br)ccc3ncc21. The van der Waals surface area contributed by atoms with Gasteiger partial charge in [-0.3, -0.25) is 14.3 Å². The molecule has 0 radical (unpaired) electrons. The molecule has 35 heavy (non-hydrogen) atoms. The zero-order chi connectivity index (χ0) is 25.3. The summed E-state index contributed by atoms with van der Waals surface area (Å²) in [6, 6.07) is 15.4. The molecule has 0 aliphatic rings. The van der Waals surface area contributed by atoms with Gasteiger partial charge in [-0.25, -0.2) is 9.36 Å². The Hall–Kier alpha value is -3.24. The van der Waals surface area contributed by atoms with Crippen LogP contribution >= 0.6 is 15.9 Å². The number of nitrogens with zero attached hydrogens (tertiary/aromatic N) is 4. The van der Waals surface area contributed by atoms with Crippen LogP contribution in [0.3, 0.4) is 0 Å². The minimum absolute atomic E-state index is 0.180. The van der Waals surface area contributed by atoms with E-state index in [1.807, 2.05) is 56.3 Å². The van der Waals surface area contributed by atoms with E-state index in [0.717, 1.165) is 46.6 Å². The number of aromatic nitrogens is 3. The highest BCUT2D eigenvalue weighted by molar-refractivity contribution is 9.10. The number of halogens is 1. The molecule has 0 saturated heterocycles. The third-order valence-corrected chi connectivity index (χ3v) is 7.09. The lowest BCUT2D eigenvalue weighted by Crippen LogP contribution is -2.32. The maximum atomic E-state index is 13.9. The van der Waals surface area contributed by atoms with Gasteiger partial charge in [0.05, 0.1) is 39.9 Å². The first-order valence-corrected chi connectivity index (χ1v) is 12.8. The second-order valence-corrected chi connectivity index (χ2v) is 10.4. The van der Waals surface area contributed by atoms with E-state index in [2.05, 4.69) is 40.8 Å². The molecular formula is C28H29BrN4O2. The largest absolute Gasteiger partial charge is 0.340 e. The third-order valence-electron chi connectivity index (χ3n) is 6.60. The Morgan fingerprint density at radius 2 is 1.77 bits per heavy atom. The normalized spacial score (nSPS) is 11.9. The van der Waals surface area contributed by atoms with E-state index in [1.54, 1.807) is 10.8 Å². The van der Waals surface area contributed by atoms with Crippen LogP contribution in [0.25, 0.3) is 27.6 Å². The summed E-state index contributed by atoms with van der Waals surface area (Å²) >= 11 is 3.54. The van der Waals surface area contributed by atoms with Crippen molar-refractivity contribution in [3.05, 3.63) is 69.2 Å². The fourth-order valence-corrected chi connectivity index (χ4v) is 5.01. The van der Waals surface area contributed by atoms with Crippen LogP contribution in [0.4, 0.5) is 0 Å². The van der Waals surface area contributed by atoms with Crippen molar-refractivity contribution in [2.24, 2.45) is 5.92 Å². The van der Waals surface area contributed by atoms with Crippen molar-refractivity contribution >= 4 is 43.8 Å². The molecule has 180 valence electrons. The molecule has 6 nitrogen and oxygen atoms in total. The van der Waals surface area contributed by atoms with Crippen molar-refractivity contribution in [1.82, 2.24) is 14.1 Å². The minimum atomic E-state index is -0.650. The van der Waals surface area contributed by atoms with Crippen molar-refractivity contribution in [2.75, 3.05) is 0 Å². The Bertz CT molecular complexity index is 1500. The summed E-state index contributed by atoms with van der Waals surface area (Å²) in [4.78, 5) is 32.2. The van der Waals surface area contributed by atoms with Crippen LogP contribution in [0.2, 0.25) is 0 Å². The quantitative estimate of drug-likeness (QED) is 0.263. The van der Waals surface area contributed by atoms with Crippen LogP contribution in [0.15, 0.2) is 57.9 Å². The van der Waals surface area contributed by atoms with Crippen LogP contribution in [0.1, 0.15) is 63.7 Å². The molecule has 0 fully saturated rings. The zero-order valence-electron chi connectivity index (χ0n) is 20.5. The van der Waals surface area contributed by atoms with E-state index in [-0.39, 0.29) is 11.8 Å². The predicted molar refractivity (Wildman–Crippen MR) is 143 cm³/mol. The molecule has 0 atom stereocenters. The highest BCUT2D eigenvalue weighted by Crippen LogP contribution is 2.30. The minimum Gasteiger partial charge on any atom is -0.274 e. The number of carbonyl (C=O) groups excluding carboxylic acids is 1. The van der Waals surface area contributed by atoms with Crippen LogP contribution in [0, 0.1) is 17.2 Å².